The van der Waals surface area contributed by atoms with Crippen molar-refractivity contribution >= 4 is 46.9 Å². The molecule has 0 aliphatic carbocycles. The summed E-state index contributed by atoms with van der Waals surface area (Å²) in [5.41, 5.74) is -0.730. The molecule has 3 rings (SSSR count). The summed E-state index contributed by atoms with van der Waals surface area (Å²) in [5, 5.41) is 7.46. The maximum atomic E-state index is 13.9. The van der Waals surface area contributed by atoms with Crippen molar-refractivity contribution in [2.24, 2.45) is 5.92 Å². The zero-order chi connectivity index (χ0) is 39.0. The van der Waals surface area contributed by atoms with Crippen LogP contribution in [-0.2, 0) is 30.3 Å². The molecule has 0 saturated heterocycles. The van der Waals surface area contributed by atoms with Crippen LogP contribution in [0.25, 0.3) is 0 Å². The molecule has 16 heteroatoms. The van der Waals surface area contributed by atoms with E-state index >= 15 is 0 Å². The van der Waals surface area contributed by atoms with Gasteiger partial charge < -0.3 is 25.4 Å². The second kappa shape index (κ2) is 17.3. The number of nitrogens with one attached hydrogen (secondary N) is 3. The lowest BCUT2D eigenvalue weighted by molar-refractivity contribution is -0.175. The van der Waals surface area contributed by atoms with Crippen LogP contribution in [0.3, 0.4) is 0 Å². The van der Waals surface area contributed by atoms with E-state index in [0.717, 1.165) is 12.3 Å². The van der Waals surface area contributed by atoms with Crippen molar-refractivity contribution < 1.29 is 51.4 Å². The summed E-state index contributed by atoms with van der Waals surface area (Å²) < 4.78 is 50.4. The number of benzene rings is 2. The minimum Gasteiger partial charge on any atom is -0.497 e. The average molecular weight is 747 g/mol. The van der Waals surface area contributed by atoms with E-state index in [9.17, 15) is 41.9 Å². The number of amides is 3. The molecular formula is C36H38ClF3N4O8. The number of carbonyl (C=O) groups excluding carboxylic acids is 6. The minimum atomic E-state index is -5.25. The zero-order valence-corrected chi connectivity index (χ0v) is 29.8. The molecule has 0 radical (unpaired) electrons. The van der Waals surface area contributed by atoms with Crippen LogP contribution in [0.2, 0.25) is 5.02 Å². The first-order chi connectivity index (χ1) is 24.2. The SMILES string of the molecule is COc1ccc([C@H](NC(=O)[C@H](Cc2cccc(Cl)c2)NC(=O)c2ccc(C(=O)C(=O)OC(C)(C)C)cn2)C(=O)N[C@H](C(=O)C(F)(F)F)C(C)C)cc1. The number of hydrogen-bond acceptors (Lipinski definition) is 9. The molecule has 1 aromatic heterocycles. The van der Waals surface area contributed by atoms with Crippen LogP contribution >= 0.6 is 11.6 Å². The lowest BCUT2D eigenvalue weighted by atomic mass is 9.97. The summed E-state index contributed by atoms with van der Waals surface area (Å²) in [7, 11) is 1.39. The third-order valence-corrected chi connectivity index (χ3v) is 7.55. The van der Waals surface area contributed by atoms with Gasteiger partial charge in [-0.1, -0.05) is 49.7 Å². The lowest BCUT2D eigenvalue weighted by Crippen LogP contribution is -2.55. The number of esters is 1. The Morgan fingerprint density at radius 2 is 1.52 bits per heavy atom. The van der Waals surface area contributed by atoms with Crippen LogP contribution in [-0.4, -0.2) is 71.2 Å². The van der Waals surface area contributed by atoms with Crippen molar-refractivity contribution in [3.8, 4) is 5.75 Å². The van der Waals surface area contributed by atoms with E-state index in [-0.39, 0.29) is 23.2 Å². The Bertz CT molecular complexity index is 1790. The summed E-state index contributed by atoms with van der Waals surface area (Å²) in [5.74, 6) is -7.85. The van der Waals surface area contributed by atoms with E-state index in [4.69, 9.17) is 21.1 Å². The Kier molecular flexibility index (Phi) is 13.7. The highest BCUT2D eigenvalue weighted by Crippen LogP contribution is 2.24. The predicted molar refractivity (Wildman–Crippen MR) is 183 cm³/mol. The minimum absolute atomic E-state index is 0.119. The maximum absolute atomic E-state index is 13.9. The van der Waals surface area contributed by atoms with Gasteiger partial charge in [0.15, 0.2) is 0 Å². The molecule has 2 aromatic carbocycles. The Hall–Kier alpha value is -5.31. The van der Waals surface area contributed by atoms with Crippen LogP contribution in [0.4, 0.5) is 13.2 Å². The molecule has 3 aromatic rings. The number of halogens is 4. The van der Waals surface area contributed by atoms with E-state index in [1.54, 1.807) is 39.0 Å². The second-order valence-corrected chi connectivity index (χ2v) is 13.4. The molecule has 0 saturated carbocycles. The van der Waals surface area contributed by atoms with E-state index in [1.165, 1.54) is 57.4 Å². The molecule has 278 valence electrons. The molecule has 0 bridgehead atoms. The first-order valence-electron chi connectivity index (χ1n) is 15.8. The molecule has 0 fully saturated rings. The van der Waals surface area contributed by atoms with E-state index in [0.29, 0.717) is 16.3 Å². The molecule has 0 aliphatic rings. The third kappa shape index (κ3) is 11.6. The van der Waals surface area contributed by atoms with Gasteiger partial charge in [0.25, 0.3) is 17.5 Å². The second-order valence-electron chi connectivity index (χ2n) is 12.9. The number of hydrogen-bond donors (Lipinski definition) is 3. The highest BCUT2D eigenvalue weighted by molar-refractivity contribution is 6.40. The number of rotatable bonds is 14. The van der Waals surface area contributed by atoms with Crippen molar-refractivity contribution in [1.82, 2.24) is 20.9 Å². The molecular weight excluding hydrogens is 709 g/mol. The van der Waals surface area contributed by atoms with E-state index in [1.807, 2.05) is 0 Å². The Balaban J connectivity index is 1.95. The summed E-state index contributed by atoms with van der Waals surface area (Å²) in [4.78, 5) is 81.8. The monoisotopic (exact) mass is 746 g/mol. The lowest BCUT2D eigenvalue weighted by Gasteiger charge is -2.27. The Labute approximate surface area is 302 Å². The van der Waals surface area contributed by atoms with Crippen molar-refractivity contribution in [2.45, 2.75) is 70.9 Å². The molecule has 0 unspecified atom stereocenters. The quantitative estimate of drug-likeness (QED) is 0.120. The van der Waals surface area contributed by atoms with Gasteiger partial charge in [0.2, 0.25) is 11.8 Å². The largest absolute Gasteiger partial charge is 0.497 e. The van der Waals surface area contributed by atoms with E-state index < -0.39 is 71.1 Å². The van der Waals surface area contributed by atoms with Crippen molar-refractivity contribution in [3.05, 3.63) is 94.3 Å². The van der Waals surface area contributed by atoms with Crippen LogP contribution in [0.5, 0.6) is 5.75 Å². The van der Waals surface area contributed by atoms with Crippen LogP contribution < -0.4 is 20.7 Å². The number of carbonyl (C=O) groups is 6. The molecule has 52 heavy (non-hydrogen) atoms. The molecule has 1 heterocycles. The number of ketones is 2. The molecule has 3 atom stereocenters. The fourth-order valence-corrected chi connectivity index (χ4v) is 4.95. The topological polar surface area (TPSA) is 170 Å². The van der Waals surface area contributed by atoms with Gasteiger partial charge in [-0.15, -0.1) is 0 Å². The van der Waals surface area contributed by atoms with Crippen LogP contribution in [0.1, 0.15) is 72.6 Å². The number of Topliss-reactive ketones (excluding diaryl/α,β-unsaturated/α-hetero) is 2. The molecule has 3 amide bonds. The van der Waals surface area contributed by atoms with Gasteiger partial charge in [0, 0.05) is 23.2 Å². The van der Waals surface area contributed by atoms with Crippen molar-refractivity contribution in [2.75, 3.05) is 7.11 Å². The highest BCUT2D eigenvalue weighted by atomic mass is 35.5. The number of alkyl halides is 3. The fraction of sp³-hybridized carbons (Fsp3) is 0.361. The van der Waals surface area contributed by atoms with Gasteiger partial charge in [-0.2, -0.15) is 13.2 Å². The number of ether oxygens (including phenoxy) is 2. The van der Waals surface area contributed by atoms with Gasteiger partial charge in [-0.3, -0.25) is 29.0 Å². The van der Waals surface area contributed by atoms with E-state index in [2.05, 4.69) is 20.9 Å². The first-order valence-corrected chi connectivity index (χ1v) is 16.2. The molecule has 0 spiro atoms. The fourth-order valence-electron chi connectivity index (χ4n) is 4.73. The van der Waals surface area contributed by atoms with Crippen molar-refractivity contribution in [1.29, 1.82) is 0 Å². The van der Waals surface area contributed by atoms with Gasteiger partial charge in [0.1, 0.15) is 29.1 Å². The summed E-state index contributed by atoms with van der Waals surface area (Å²) in [6.07, 6.45) is -4.43. The Morgan fingerprint density at radius 1 is 0.865 bits per heavy atom. The normalized spacial score (nSPS) is 13.3. The smallest absolute Gasteiger partial charge is 0.452 e. The van der Waals surface area contributed by atoms with Gasteiger partial charge in [-0.05, 0) is 74.2 Å². The summed E-state index contributed by atoms with van der Waals surface area (Å²) in [6, 6.07) is 9.34. The zero-order valence-electron chi connectivity index (χ0n) is 29.1. The predicted octanol–water partition coefficient (Wildman–Crippen LogP) is 4.74. The maximum Gasteiger partial charge on any atom is 0.452 e. The molecule has 0 aliphatic heterocycles. The van der Waals surface area contributed by atoms with Gasteiger partial charge in [-0.25, -0.2) is 4.79 Å². The molecule has 3 N–H and O–H groups in total. The third-order valence-electron chi connectivity index (χ3n) is 7.32. The Morgan fingerprint density at radius 3 is 2.04 bits per heavy atom. The number of aromatic nitrogens is 1. The van der Waals surface area contributed by atoms with Crippen LogP contribution in [0, 0.1) is 5.92 Å². The van der Waals surface area contributed by atoms with Crippen LogP contribution in [0.15, 0.2) is 66.9 Å². The summed E-state index contributed by atoms with van der Waals surface area (Å²) in [6.45, 7) is 7.40. The number of methoxy groups -OCH3 is 1. The van der Waals surface area contributed by atoms with Gasteiger partial charge >= 0.3 is 12.1 Å². The average Bonchev–Trinajstić information content (AvgIpc) is 3.07. The first kappa shape index (κ1) is 41.1. The van der Waals surface area contributed by atoms with Crippen molar-refractivity contribution in [3.63, 3.8) is 0 Å². The van der Waals surface area contributed by atoms with Gasteiger partial charge in [0.05, 0.1) is 13.2 Å². The highest BCUT2D eigenvalue weighted by Gasteiger charge is 2.45. The summed E-state index contributed by atoms with van der Waals surface area (Å²) >= 11 is 6.14. The number of pyridine rings is 1. The standard InChI is InChI=1S/C36H38ClF3N4O8/c1-19(2)27(30(46)36(38,39)40)43-33(49)28(21-10-13-24(51-6)14-11-21)44-32(48)26(17-20-8-7-9-23(37)16-20)42-31(47)25-15-12-22(18-41-25)29(45)34(50)52-35(3,4)5/h7-16,18-19,26-28H,17H2,1-6H3,(H,42,47)(H,43,49)(H,44,48)/t26-,27-,28-/m0/s1. The number of nitrogens with zero attached hydrogens (tertiary/aromatic N) is 1. The molecule has 12 nitrogen and oxygen atoms in total.